The van der Waals surface area contributed by atoms with Crippen LogP contribution in [0.1, 0.15) is 5.56 Å². The smallest absolute Gasteiger partial charge is 0.335 e. The van der Waals surface area contributed by atoms with Crippen molar-refractivity contribution in [3.8, 4) is 11.5 Å². The van der Waals surface area contributed by atoms with E-state index in [4.69, 9.17) is 9.47 Å². The summed E-state index contributed by atoms with van der Waals surface area (Å²) >= 11 is 0. The van der Waals surface area contributed by atoms with Crippen molar-refractivity contribution < 1.29 is 29.0 Å². The van der Waals surface area contributed by atoms with Gasteiger partial charge < -0.3 is 19.3 Å². The Kier molecular flexibility index (Phi) is 5.27. The summed E-state index contributed by atoms with van der Waals surface area (Å²) in [6.07, 6.45) is -1.75. The molecule has 0 spiro atoms. The number of methoxy groups -OCH3 is 3. The standard InChI is InChI=1S/C12H15NO7/c1-18-10-5-7(4-9(14)12(15)20-3)8(13(16)17)6-11(10)19-2/h5-6,9,14H,4H2,1-3H3. The molecule has 1 aromatic rings. The molecule has 1 N–H and O–H groups in total. The van der Waals surface area contributed by atoms with Crippen LogP contribution in [0, 0.1) is 10.1 Å². The second-order valence-corrected chi connectivity index (χ2v) is 3.84. The lowest BCUT2D eigenvalue weighted by Gasteiger charge is -2.12. The third-order valence-electron chi connectivity index (χ3n) is 2.67. The third-order valence-corrected chi connectivity index (χ3v) is 2.67. The molecule has 0 fully saturated rings. The molecule has 0 aliphatic carbocycles. The van der Waals surface area contributed by atoms with Gasteiger partial charge in [-0.05, 0) is 6.07 Å². The van der Waals surface area contributed by atoms with Gasteiger partial charge in [0.2, 0.25) is 0 Å². The minimum atomic E-state index is -1.49. The Morgan fingerprint density at radius 2 is 1.85 bits per heavy atom. The quantitative estimate of drug-likeness (QED) is 0.465. The first-order valence-corrected chi connectivity index (χ1v) is 5.59. The zero-order chi connectivity index (χ0) is 15.3. The van der Waals surface area contributed by atoms with Crippen LogP contribution in [0.15, 0.2) is 12.1 Å². The highest BCUT2D eigenvalue weighted by atomic mass is 16.6. The summed E-state index contributed by atoms with van der Waals surface area (Å²) in [6.45, 7) is 0. The van der Waals surface area contributed by atoms with Crippen molar-refractivity contribution >= 4 is 11.7 Å². The van der Waals surface area contributed by atoms with Crippen LogP contribution in [0.4, 0.5) is 5.69 Å². The van der Waals surface area contributed by atoms with Crippen molar-refractivity contribution in [1.82, 2.24) is 0 Å². The number of nitrogens with zero attached hydrogens (tertiary/aromatic N) is 1. The van der Waals surface area contributed by atoms with Gasteiger partial charge in [-0.15, -0.1) is 0 Å². The maximum atomic E-state index is 11.2. The molecule has 110 valence electrons. The molecule has 1 unspecified atom stereocenters. The Balaban J connectivity index is 3.22. The molecule has 0 aliphatic heterocycles. The molecular weight excluding hydrogens is 270 g/mol. The number of carbonyl (C=O) groups excluding carboxylic acids is 1. The lowest BCUT2D eigenvalue weighted by atomic mass is 10.0. The van der Waals surface area contributed by atoms with Gasteiger partial charge in [0.05, 0.1) is 32.3 Å². The molecule has 8 nitrogen and oxygen atoms in total. The Labute approximate surface area is 115 Å². The van der Waals surface area contributed by atoms with E-state index < -0.39 is 17.0 Å². The predicted octanol–water partition coefficient (Wildman–Crippen LogP) is 0.688. The number of aliphatic hydroxyl groups excluding tert-OH is 1. The monoisotopic (exact) mass is 285 g/mol. The molecule has 0 aromatic heterocycles. The van der Waals surface area contributed by atoms with Crippen molar-refractivity contribution in [3.63, 3.8) is 0 Å². The van der Waals surface area contributed by atoms with Gasteiger partial charge in [-0.1, -0.05) is 0 Å². The number of benzene rings is 1. The van der Waals surface area contributed by atoms with Gasteiger partial charge in [-0.25, -0.2) is 4.79 Å². The molecule has 0 saturated heterocycles. The van der Waals surface area contributed by atoms with E-state index in [9.17, 15) is 20.0 Å². The maximum absolute atomic E-state index is 11.2. The zero-order valence-electron chi connectivity index (χ0n) is 11.3. The van der Waals surface area contributed by atoms with Gasteiger partial charge in [0.15, 0.2) is 17.6 Å². The SMILES string of the molecule is COC(=O)C(O)Cc1cc(OC)c(OC)cc1[N+](=O)[O-]. The number of nitro groups is 1. The molecule has 0 bridgehead atoms. The largest absolute Gasteiger partial charge is 0.493 e. The lowest BCUT2D eigenvalue weighted by molar-refractivity contribution is -0.385. The van der Waals surface area contributed by atoms with Crippen molar-refractivity contribution in [1.29, 1.82) is 0 Å². The van der Waals surface area contributed by atoms with Crippen LogP contribution in [0.3, 0.4) is 0 Å². The molecule has 1 aromatic carbocycles. The number of aliphatic hydroxyl groups is 1. The van der Waals surface area contributed by atoms with Gasteiger partial charge in [-0.2, -0.15) is 0 Å². The van der Waals surface area contributed by atoms with Crippen molar-refractivity contribution in [2.45, 2.75) is 12.5 Å². The maximum Gasteiger partial charge on any atom is 0.335 e. The van der Waals surface area contributed by atoms with Crippen LogP contribution in [0.5, 0.6) is 11.5 Å². The highest BCUT2D eigenvalue weighted by Gasteiger charge is 2.24. The molecule has 0 saturated carbocycles. The van der Waals surface area contributed by atoms with Crippen LogP contribution in [0.25, 0.3) is 0 Å². The second-order valence-electron chi connectivity index (χ2n) is 3.84. The van der Waals surface area contributed by atoms with E-state index in [1.54, 1.807) is 0 Å². The molecule has 1 rings (SSSR count). The summed E-state index contributed by atoms with van der Waals surface area (Å²) in [7, 11) is 3.85. The Bertz CT molecular complexity index is 515. The highest BCUT2D eigenvalue weighted by molar-refractivity contribution is 5.75. The normalized spacial score (nSPS) is 11.6. The first-order valence-electron chi connectivity index (χ1n) is 5.59. The van der Waals surface area contributed by atoms with Gasteiger partial charge in [0, 0.05) is 12.0 Å². The van der Waals surface area contributed by atoms with Gasteiger partial charge in [-0.3, -0.25) is 10.1 Å². The molecule has 0 amide bonds. The summed E-state index contributed by atoms with van der Waals surface area (Å²) in [5.41, 5.74) is -0.129. The summed E-state index contributed by atoms with van der Waals surface area (Å²) in [4.78, 5) is 21.6. The minimum Gasteiger partial charge on any atom is -0.493 e. The highest BCUT2D eigenvalue weighted by Crippen LogP contribution is 2.35. The van der Waals surface area contributed by atoms with E-state index in [2.05, 4.69) is 4.74 Å². The number of ether oxygens (including phenoxy) is 3. The minimum absolute atomic E-state index is 0.144. The van der Waals surface area contributed by atoms with E-state index in [1.165, 1.54) is 26.4 Å². The van der Waals surface area contributed by atoms with Crippen molar-refractivity contribution in [2.24, 2.45) is 0 Å². The number of nitro benzene ring substituents is 1. The fourth-order valence-corrected chi connectivity index (χ4v) is 1.67. The molecule has 20 heavy (non-hydrogen) atoms. The number of hydrogen-bond acceptors (Lipinski definition) is 7. The molecular formula is C12H15NO7. The first kappa shape index (κ1) is 15.7. The number of hydrogen-bond donors (Lipinski definition) is 1. The summed E-state index contributed by atoms with van der Waals surface area (Å²) in [5, 5.41) is 20.6. The van der Waals surface area contributed by atoms with E-state index >= 15 is 0 Å². The van der Waals surface area contributed by atoms with Crippen molar-refractivity contribution in [2.75, 3.05) is 21.3 Å². The summed E-state index contributed by atoms with van der Waals surface area (Å²) in [6, 6.07) is 2.53. The average Bonchev–Trinajstić information content (AvgIpc) is 2.45. The number of esters is 1. The molecule has 0 aliphatic rings. The van der Waals surface area contributed by atoms with Crippen LogP contribution < -0.4 is 9.47 Å². The third kappa shape index (κ3) is 3.35. The fraction of sp³-hybridized carbons (Fsp3) is 0.417. The van der Waals surface area contributed by atoms with Crippen LogP contribution >= 0.6 is 0 Å². The fourth-order valence-electron chi connectivity index (χ4n) is 1.67. The first-order chi connectivity index (χ1) is 9.44. The predicted molar refractivity (Wildman–Crippen MR) is 67.9 cm³/mol. The molecule has 0 radical (unpaired) electrons. The van der Waals surface area contributed by atoms with E-state index in [0.717, 1.165) is 7.11 Å². The van der Waals surface area contributed by atoms with E-state index in [-0.39, 0.29) is 29.2 Å². The summed E-state index contributed by atoms with van der Waals surface area (Å²) in [5.74, 6) is -0.408. The van der Waals surface area contributed by atoms with Gasteiger partial charge in [0.1, 0.15) is 0 Å². The topological polar surface area (TPSA) is 108 Å². The van der Waals surface area contributed by atoms with Crippen molar-refractivity contribution in [3.05, 3.63) is 27.8 Å². The van der Waals surface area contributed by atoms with Gasteiger partial charge >= 0.3 is 5.97 Å². The molecule has 0 heterocycles. The van der Waals surface area contributed by atoms with Crippen LogP contribution in [-0.4, -0.2) is 43.4 Å². The number of carbonyl (C=O) groups is 1. The second kappa shape index (κ2) is 6.71. The van der Waals surface area contributed by atoms with Crippen LogP contribution in [0.2, 0.25) is 0 Å². The zero-order valence-corrected chi connectivity index (χ0v) is 11.3. The van der Waals surface area contributed by atoms with E-state index in [0.29, 0.717) is 0 Å². The van der Waals surface area contributed by atoms with E-state index in [1.807, 2.05) is 0 Å². The molecule has 1 atom stereocenters. The van der Waals surface area contributed by atoms with Gasteiger partial charge in [0.25, 0.3) is 5.69 Å². The Morgan fingerprint density at radius 1 is 1.30 bits per heavy atom. The van der Waals surface area contributed by atoms with Crippen LogP contribution in [-0.2, 0) is 16.0 Å². The number of rotatable bonds is 6. The lowest BCUT2D eigenvalue weighted by Crippen LogP contribution is -2.24. The molecule has 8 heteroatoms. The summed E-state index contributed by atoms with van der Waals surface area (Å²) < 4.78 is 14.4. The Morgan fingerprint density at radius 3 is 2.30 bits per heavy atom. The Hall–Kier alpha value is -2.35. The average molecular weight is 285 g/mol.